The van der Waals surface area contributed by atoms with Gasteiger partial charge in [0.25, 0.3) is 5.56 Å². The molecule has 0 aromatic carbocycles. The van der Waals surface area contributed by atoms with Gasteiger partial charge in [-0.25, -0.2) is 4.79 Å². The molecule has 0 radical (unpaired) electrons. The van der Waals surface area contributed by atoms with Crippen molar-refractivity contribution in [2.45, 2.75) is 117 Å². The third kappa shape index (κ3) is 8.59. The Bertz CT molecular complexity index is 1310. The van der Waals surface area contributed by atoms with Gasteiger partial charge in [-0.2, -0.15) is 4.39 Å². The van der Waals surface area contributed by atoms with Gasteiger partial charge in [-0.15, -0.1) is 0 Å². The third-order valence-corrected chi connectivity index (χ3v) is 7.50. The molecular formula is C31H45FN2O8. The highest BCUT2D eigenvalue weighted by Crippen LogP contribution is 2.44. The molecule has 234 valence electrons. The minimum absolute atomic E-state index is 0.0372. The number of hydrogen-bond acceptors (Lipinski definition) is 8. The Morgan fingerprint density at radius 3 is 2.33 bits per heavy atom. The first-order chi connectivity index (χ1) is 19.9. The molecule has 42 heavy (non-hydrogen) atoms. The minimum atomic E-state index is -1.22. The first-order valence-corrected chi connectivity index (χ1v) is 14.6. The lowest BCUT2D eigenvalue weighted by molar-refractivity contribution is -0.215. The van der Waals surface area contributed by atoms with E-state index in [2.05, 4.69) is 32.9 Å². The van der Waals surface area contributed by atoms with Crippen molar-refractivity contribution in [3.8, 4) is 0 Å². The molecule has 10 nitrogen and oxygen atoms in total. The van der Waals surface area contributed by atoms with E-state index in [1.54, 1.807) is 19.9 Å². The molecule has 0 bridgehead atoms. The van der Waals surface area contributed by atoms with Gasteiger partial charge < -0.3 is 24.1 Å². The van der Waals surface area contributed by atoms with Crippen molar-refractivity contribution in [1.82, 2.24) is 9.13 Å². The van der Waals surface area contributed by atoms with E-state index in [9.17, 15) is 23.9 Å². The smallest absolute Gasteiger partial charge is 0.333 e. The molecule has 1 aromatic rings. The largest absolute Gasteiger partial charge is 0.466 e. The molecule has 3 unspecified atom stereocenters. The van der Waals surface area contributed by atoms with E-state index >= 15 is 0 Å². The molecule has 2 aliphatic rings. The van der Waals surface area contributed by atoms with Crippen LogP contribution in [0.15, 0.2) is 50.7 Å². The monoisotopic (exact) mass is 592 g/mol. The van der Waals surface area contributed by atoms with E-state index in [4.69, 9.17) is 18.9 Å². The first-order valence-electron chi connectivity index (χ1n) is 14.6. The molecule has 11 heteroatoms. The van der Waals surface area contributed by atoms with Crippen LogP contribution in [-0.4, -0.2) is 57.5 Å². The number of fused-ring (bicyclic) bond motifs is 1. The lowest BCUT2D eigenvalue weighted by Gasteiger charge is -2.27. The Morgan fingerprint density at radius 2 is 1.69 bits per heavy atom. The predicted molar refractivity (Wildman–Crippen MR) is 155 cm³/mol. The molecule has 2 saturated heterocycles. The molecule has 0 saturated carbocycles. The zero-order valence-electron chi connectivity index (χ0n) is 25.6. The number of esters is 1. The lowest BCUT2D eigenvalue weighted by Crippen LogP contribution is -2.44. The number of carbonyl (C=O) groups excluding carboxylic acids is 1. The van der Waals surface area contributed by atoms with E-state index in [1.807, 2.05) is 6.92 Å². The molecule has 2 aliphatic heterocycles. The number of aliphatic hydroxyl groups excluding tert-OH is 1. The average molecular weight is 593 g/mol. The maximum atomic E-state index is 14.8. The van der Waals surface area contributed by atoms with E-state index in [0.717, 1.165) is 46.6 Å². The van der Waals surface area contributed by atoms with Gasteiger partial charge in [0.05, 0.1) is 25.8 Å². The van der Waals surface area contributed by atoms with Crippen LogP contribution in [0, 0.1) is 5.82 Å². The quantitative estimate of drug-likeness (QED) is 0.251. The number of allylic oxidation sites excluding steroid dienone is 6. The van der Waals surface area contributed by atoms with E-state index in [1.165, 1.54) is 11.1 Å². The summed E-state index contributed by atoms with van der Waals surface area (Å²) in [5, 5.41) is 9.91. The number of ether oxygens (including phenoxy) is 4. The Hall–Kier alpha value is -2.86. The van der Waals surface area contributed by atoms with Gasteiger partial charge in [0.15, 0.2) is 12.0 Å². The second-order valence-electron chi connectivity index (χ2n) is 11.4. The minimum Gasteiger partial charge on any atom is -0.466 e. The maximum absolute atomic E-state index is 14.8. The summed E-state index contributed by atoms with van der Waals surface area (Å²) < 4.78 is 39.6. The average Bonchev–Trinajstić information content (AvgIpc) is 3.44. The molecule has 1 N–H and O–H groups in total. The van der Waals surface area contributed by atoms with Crippen LogP contribution >= 0.6 is 0 Å². The molecule has 1 aromatic heterocycles. The number of rotatable bonds is 14. The van der Waals surface area contributed by atoms with Crippen molar-refractivity contribution >= 4 is 5.97 Å². The zero-order valence-corrected chi connectivity index (χ0v) is 25.6. The summed E-state index contributed by atoms with van der Waals surface area (Å²) in [5.74, 6) is -2.74. The van der Waals surface area contributed by atoms with Gasteiger partial charge in [-0.3, -0.25) is 18.7 Å². The normalized spacial score (nSPS) is 25.9. The van der Waals surface area contributed by atoms with Gasteiger partial charge in [0.2, 0.25) is 5.82 Å². The number of nitrogens with zero attached hydrogens (tertiary/aromatic N) is 2. The molecular weight excluding hydrogens is 547 g/mol. The fourth-order valence-corrected chi connectivity index (χ4v) is 5.15. The number of aliphatic hydroxyl groups is 1. The van der Waals surface area contributed by atoms with Crippen LogP contribution in [0.4, 0.5) is 4.39 Å². The summed E-state index contributed by atoms with van der Waals surface area (Å²) >= 11 is 0. The number of aromatic nitrogens is 2. The number of hydrogen-bond donors (Lipinski definition) is 1. The Kier molecular flexibility index (Phi) is 12.0. The Labute approximate surface area is 246 Å². The van der Waals surface area contributed by atoms with E-state index in [0.29, 0.717) is 0 Å². The topological polar surface area (TPSA) is 118 Å². The van der Waals surface area contributed by atoms with E-state index in [-0.39, 0.29) is 26.0 Å². The molecule has 5 atom stereocenters. The number of halogens is 1. The summed E-state index contributed by atoms with van der Waals surface area (Å²) in [4.78, 5) is 37.9. The highest BCUT2D eigenvalue weighted by Gasteiger charge is 2.57. The van der Waals surface area contributed by atoms with Gasteiger partial charge in [-0.1, -0.05) is 34.9 Å². The Morgan fingerprint density at radius 1 is 1.05 bits per heavy atom. The highest BCUT2D eigenvalue weighted by molar-refractivity contribution is 5.69. The molecule has 0 amide bonds. The van der Waals surface area contributed by atoms with Crippen LogP contribution in [0.1, 0.15) is 86.3 Å². The third-order valence-electron chi connectivity index (χ3n) is 7.50. The van der Waals surface area contributed by atoms with Crippen molar-refractivity contribution in [3.63, 3.8) is 0 Å². The van der Waals surface area contributed by atoms with Crippen molar-refractivity contribution < 1.29 is 33.2 Å². The van der Waals surface area contributed by atoms with Crippen LogP contribution < -0.4 is 11.2 Å². The van der Waals surface area contributed by atoms with Gasteiger partial charge in [0.1, 0.15) is 18.3 Å². The lowest BCUT2D eigenvalue weighted by atomic mass is 10.1. The number of carbonyl (C=O) groups is 1. The fraction of sp³-hybridized carbons (Fsp3) is 0.645. The molecule has 2 fully saturated rings. The van der Waals surface area contributed by atoms with Crippen molar-refractivity contribution in [2.75, 3.05) is 13.2 Å². The highest BCUT2D eigenvalue weighted by atomic mass is 19.1. The van der Waals surface area contributed by atoms with Crippen molar-refractivity contribution in [1.29, 1.82) is 0 Å². The van der Waals surface area contributed by atoms with Crippen LogP contribution in [0.3, 0.4) is 0 Å². The van der Waals surface area contributed by atoms with E-state index < -0.39 is 60.0 Å². The van der Waals surface area contributed by atoms with Gasteiger partial charge >= 0.3 is 11.7 Å². The van der Waals surface area contributed by atoms with Gasteiger partial charge in [0, 0.05) is 13.0 Å². The molecule has 3 rings (SSSR count). The SMILES string of the molecule is CCOC(=O)CCC1(C)OC2C(O1)[C@@H](CO)O[C@H]2n1cc(F)c(=O)n(C/C=C(\C)CC/C=C(\C)CCC=C(C)C)c1=O. The second kappa shape index (κ2) is 15.0. The van der Waals surface area contributed by atoms with Crippen LogP contribution in [0.25, 0.3) is 0 Å². The Balaban J connectivity index is 1.75. The molecule has 0 spiro atoms. The maximum Gasteiger partial charge on any atom is 0.333 e. The van der Waals surface area contributed by atoms with Crippen molar-refractivity contribution in [3.05, 3.63) is 67.8 Å². The van der Waals surface area contributed by atoms with Gasteiger partial charge in [-0.05, 0) is 67.2 Å². The molecule has 3 heterocycles. The summed E-state index contributed by atoms with van der Waals surface area (Å²) in [6.45, 7) is 11.2. The fourth-order valence-electron chi connectivity index (χ4n) is 5.15. The van der Waals surface area contributed by atoms with Crippen LogP contribution in [-0.2, 0) is 30.3 Å². The summed E-state index contributed by atoms with van der Waals surface area (Å²) in [5.41, 5.74) is 1.76. The first kappa shape index (κ1) is 33.6. The predicted octanol–water partition coefficient (Wildman–Crippen LogP) is 4.30. The van der Waals surface area contributed by atoms with Crippen molar-refractivity contribution in [2.24, 2.45) is 0 Å². The summed E-state index contributed by atoms with van der Waals surface area (Å²) in [6, 6.07) is 0. The summed E-state index contributed by atoms with van der Waals surface area (Å²) in [7, 11) is 0. The van der Waals surface area contributed by atoms with Crippen LogP contribution in [0.2, 0.25) is 0 Å². The second-order valence-corrected chi connectivity index (χ2v) is 11.4. The van der Waals surface area contributed by atoms with Crippen LogP contribution in [0.5, 0.6) is 0 Å². The standard InChI is InChI=1S/C31H45FN2O8/c1-7-39-25(36)14-16-31(6)41-26-24(19-35)40-29(27(26)42-31)34-18-23(32)28(37)33(30(34)38)17-15-22(5)13-9-12-21(4)11-8-10-20(2)3/h10,12,15,18,24,26-27,29,35H,7-9,11,13-14,16-17,19H2,1-6H3/b21-12+,22-15+/t24-,26?,27?,29-,31?/m1/s1. The molecule has 0 aliphatic carbocycles. The zero-order chi connectivity index (χ0) is 31.0. The summed E-state index contributed by atoms with van der Waals surface area (Å²) in [6.07, 6.45) is 7.03.